The van der Waals surface area contributed by atoms with Crippen molar-refractivity contribution in [1.82, 2.24) is 0 Å². The number of hydrogen-bond donors (Lipinski definition) is 0. The molecule has 0 aromatic heterocycles. The molecular weight excluding hydrogens is 140 g/mol. The highest BCUT2D eigenvalue weighted by atomic mass is 16.5. The van der Waals surface area contributed by atoms with E-state index < -0.39 is 0 Å². The highest BCUT2D eigenvalue weighted by Gasteiger charge is 2.31. The zero-order valence-electron chi connectivity index (χ0n) is 7.89. The summed E-state index contributed by atoms with van der Waals surface area (Å²) in [7, 11) is 0. The predicted molar refractivity (Wildman–Crippen MR) is 45.3 cm³/mol. The molecule has 0 aromatic carbocycles. The van der Waals surface area contributed by atoms with Crippen molar-refractivity contribution in [1.29, 1.82) is 0 Å². The minimum atomic E-state index is -0.0261. The normalized spacial score (nSPS) is 28.9. The molecule has 0 aliphatic carbocycles. The van der Waals surface area contributed by atoms with Crippen LogP contribution in [-0.4, -0.2) is 12.6 Å². The van der Waals surface area contributed by atoms with E-state index in [-0.39, 0.29) is 11.9 Å². The number of ether oxygens (including phenoxy) is 1. The average Bonchev–Trinajstić information content (AvgIpc) is 2.37. The Morgan fingerprint density at radius 1 is 1.55 bits per heavy atom. The van der Waals surface area contributed by atoms with Gasteiger partial charge in [-0.25, -0.2) is 0 Å². The molecule has 0 saturated carbocycles. The molecule has 1 aliphatic heterocycles. The first-order chi connectivity index (χ1) is 5.25. The van der Waals surface area contributed by atoms with Crippen molar-refractivity contribution in [3.05, 3.63) is 0 Å². The Morgan fingerprint density at radius 3 is 2.27 bits per heavy atom. The summed E-state index contributed by atoms with van der Waals surface area (Å²) in [5.74, 6) is 0.578. The first-order valence-corrected chi connectivity index (χ1v) is 4.42. The van der Waals surface area contributed by atoms with E-state index in [0.29, 0.717) is 12.5 Å². The summed E-state index contributed by atoms with van der Waals surface area (Å²) in [6.45, 7) is 8.66. The van der Waals surface area contributed by atoms with Crippen LogP contribution in [0.5, 0.6) is 0 Å². The molecular formula is C9H18O2. The van der Waals surface area contributed by atoms with E-state index >= 15 is 0 Å². The average molecular weight is 158 g/mol. The fourth-order valence-electron chi connectivity index (χ4n) is 1.13. The minimum absolute atomic E-state index is 0.0261. The van der Waals surface area contributed by atoms with Crippen molar-refractivity contribution >= 4 is 5.97 Å². The van der Waals surface area contributed by atoms with E-state index in [2.05, 4.69) is 6.92 Å². The molecule has 0 radical (unpaired) electrons. The van der Waals surface area contributed by atoms with Crippen LogP contribution < -0.4 is 0 Å². The number of carbonyl (C=O) groups is 1. The second kappa shape index (κ2) is 5.16. The van der Waals surface area contributed by atoms with Crippen LogP contribution in [0.2, 0.25) is 0 Å². The minimum Gasteiger partial charge on any atom is -0.465 e. The largest absolute Gasteiger partial charge is 0.465 e. The standard InChI is InChI=1S/C7H12O2.C2H6/c1-3-6-4-9-7(8)5(6)2;1-2/h5-6H,3-4H2,1-2H3;1-2H3/t5-,6?;/m0./s1. The molecule has 2 nitrogen and oxygen atoms in total. The van der Waals surface area contributed by atoms with Gasteiger partial charge < -0.3 is 4.74 Å². The van der Waals surface area contributed by atoms with Gasteiger partial charge in [0.1, 0.15) is 0 Å². The first-order valence-electron chi connectivity index (χ1n) is 4.42. The lowest BCUT2D eigenvalue weighted by atomic mass is 9.95. The maximum Gasteiger partial charge on any atom is 0.309 e. The summed E-state index contributed by atoms with van der Waals surface area (Å²) in [6, 6.07) is 0. The molecule has 1 aliphatic rings. The summed E-state index contributed by atoms with van der Waals surface area (Å²) in [4.78, 5) is 10.7. The molecule has 1 rings (SSSR count). The van der Waals surface area contributed by atoms with Gasteiger partial charge in [-0.1, -0.05) is 27.7 Å². The van der Waals surface area contributed by atoms with Gasteiger partial charge in [0.15, 0.2) is 0 Å². The van der Waals surface area contributed by atoms with Gasteiger partial charge >= 0.3 is 5.97 Å². The lowest BCUT2D eigenvalue weighted by molar-refractivity contribution is -0.140. The molecule has 11 heavy (non-hydrogen) atoms. The van der Waals surface area contributed by atoms with Gasteiger partial charge in [0.25, 0.3) is 0 Å². The molecule has 0 spiro atoms. The highest BCUT2D eigenvalue weighted by Crippen LogP contribution is 2.23. The molecule has 1 fully saturated rings. The van der Waals surface area contributed by atoms with Gasteiger partial charge in [-0.2, -0.15) is 0 Å². The molecule has 1 heterocycles. The van der Waals surface area contributed by atoms with Gasteiger partial charge in [0.2, 0.25) is 0 Å². The number of cyclic esters (lactones) is 1. The molecule has 1 saturated heterocycles. The Balaban J connectivity index is 0.000000461. The summed E-state index contributed by atoms with van der Waals surface area (Å²) in [5.41, 5.74) is 0. The zero-order valence-corrected chi connectivity index (χ0v) is 7.89. The number of hydrogen-bond acceptors (Lipinski definition) is 2. The van der Waals surface area contributed by atoms with Gasteiger partial charge in [-0.15, -0.1) is 0 Å². The van der Waals surface area contributed by atoms with Crippen LogP contribution in [0, 0.1) is 11.8 Å². The fraction of sp³-hybridized carbons (Fsp3) is 0.889. The number of esters is 1. The van der Waals surface area contributed by atoms with Gasteiger partial charge in [-0.3, -0.25) is 4.79 Å². The van der Waals surface area contributed by atoms with Crippen molar-refractivity contribution < 1.29 is 9.53 Å². The molecule has 2 atom stereocenters. The third-order valence-electron chi connectivity index (χ3n) is 2.04. The van der Waals surface area contributed by atoms with Gasteiger partial charge in [-0.05, 0) is 6.42 Å². The number of rotatable bonds is 1. The summed E-state index contributed by atoms with van der Waals surface area (Å²) in [6.07, 6.45) is 1.05. The van der Waals surface area contributed by atoms with Gasteiger partial charge in [0.05, 0.1) is 12.5 Å². The van der Waals surface area contributed by atoms with Crippen LogP contribution in [0.25, 0.3) is 0 Å². The Hall–Kier alpha value is -0.530. The van der Waals surface area contributed by atoms with Crippen molar-refractivity contribution in [2.24, 2.45) is 11.8 Å². The Labute approximate surface area is 68.9 Å². The lowest BCUT2D eigenvalue weighted by Gasteiger charge is -2.04. The van der Waals surface area contributed by atoms with E-state index in [1.54, 1.807) is 0 Å². The summed E-state index contributed by atoms with van der Waals surface area (Å²) in [5, 5.41) is 0. The molecule has 1 unspecified atom stereocenters. The molecule has 0 amide bonds. The van der Waals surface area contributed by atoms with E-state index in [4.69, 9.17) is 4.74 Å². The molecule has 0 aromatic rings. The van der Waals surface area contributed by atoms with Crippen LogP contribution in [0.15, 0.2) is 0 Å². The monoisotopic (exact) mass is 158 g/mol. The van der Waals surface area contributed by atoms with E-state index in [9.17, 15) is 4.79 Å². The number of carbonyl (C=O) groups excluding carboxylic acids is 1. The van der Waals surface area contributed by atoms with Crippen molar-refractivity contribution in [3.63, 3.8) is 0 Å². The predicted octanol–water partition coefficient (Wildman–Crippen LogP) is 2.23. The maximum absolute atomic E-state index is 10.7. The topological polar surface area (TPSA) is 26.3 Å². The smallest absolute Gasteiger partial charge is 0.309 e. The first kappa shape index (κ1) is 10.5. The van der Waals surface area contributed by atoms with E-state index in [1.165, 1.54) is 0 Å². The maximum atomic E-state index is 10.7. The van der Waals surface area contributed by atoms with Crippen molar-refractivity contribution in [2.45, 2.75) is 34.1 Å². The third-order valence-corrected chi connectivity index (χ3v) is 2.04. The quantitative estimate of drug-likeness (QED) is 0.547. The molecule has 66 valence electrons. The Kier molecular flexibility index (Phi) is 4.92. The van der Waals surface area contributed by atoms with Crippen LogP contribution in [0.3, 0.4) is 0 Å². The summed E-state index contributed by atoms with van der Waals surface area (Å²) < 4.78 is 4.83. The van der Waals surface area contributed by atoms with Crippen molar-refractivity contribution in [2.75, 3.05) is 6.61 Å². The van der Waals surface area contributed by atoms with Crippen LogP contribution >= 0.6 is 0 Å². The fourth-order valence-corrected chi connectivity index (χ4v) is 1.13. The zero-order chi connectivity index (χ0) is 8.85. The van der Waals surface area contributed by atoms with Crippen LogP contribution in [0.1, 0.15) is 34.1 Å². The summed E-state index contributed by atoms with van der Waals surface area (Å²) >= 11 is 0. The second-order valence-corrected chi connectivity index (χ2v) is 2.59. The molecule has 0 N–H and O–H groups in total. The van der Waals surface area contributed by atoms with Crippen molar-refractivity contribution in [3.8, 4) is 0 Å². The Bertz CT molecular complexity index is 121. The SMILES string of the molecule is CC.CCC1COC(=O)[C@H]1C. The van der Waals surface area contributed by atoms with Crippen LogP contribution in [-0.2, 0) is 9.53 Å². The van der Waals surface area contributed by atoms with E-state index in [0.717, 1.165) is 6.42 Å². The molecule has 0 bridgehead atoms. The van der Waals surface area contributed by atoms with Gasteiger partial charge in [0, 0.05) is 5.92 Å². The molecule has 2 heteroatoms. The lowest BCUT2D eigenvalue weighted by Crippen LogP contribution is -2.10. The highest BCUT2D eigenvalue weighted by molar-refractivity contribution is 5.74. The van der Waals surface area contributed by atoms with E-state index in [1.807, 2.05) is 20.8 Å². The second-order valence-electron chi connectivity index (χ2n) is 2.59. The van der Waals surface area contributed by atoms with Crippen LogP contribution in [0.4, 0.5) is 0 Å². The third kappa shape index (κ3) is 2.52. The Morgan fingerprint density at radius 2 is 2.09 bits per heavy atom.